The summed E-state index contributed by atoms with van der Waals surface area (Å²) in [5, 5.41) is 7.15. The molecule has 1 aliphatic carbocycles. The van der Waals surface area contributed by atoms with Crippen molar-refractivity contribution in [2.45, 2.75) is 44.9 Å². The first-order valence-electron chi connectivity index (χ1n) is 7.82. The molecule has 1 N–H and O–H groups in total. The molecule has 0 saturated heterocycles. The van der Waals surface area contributed by atoms with Crippen LogP contribution in [0.4, 0.5) is 0 Å². The van der Waals surface area contributed by atoms with Crippen molar-refractivity contribution in [2.24, 2.45) is 7.05 Å². The average Bonchev–Trinajstić information content (AvgIpc) is 3.28. The van der Waals surface area contributed by atoms with Crippen LogP contribution in [0.15, 0.2) is 17.3 Å². The summed E-state index contributed by atoms with van der Waals surface area (Å²) < 4.78 is 7.93. The van der Waals surface area contributed by atoms with Crippen molar-refractivity contribution in [3.05, 3.63) is 22.9 Å². The predicted molar refractivity (Wildman–Crippen MR) is 84.1 cm³/mol. The Hall–Kier alpha value is -2.71. The lowest BCUT2D eigenvalue weighted by Crippen LogP contribution is -2.37. The van der Waals surface area contributed by atoms with Gasteiger partial charge in [-0.1, -0.05) is 0 Å². The van der Waals surface area contributed by atoms with E-state index in [1.165, 1.54) is 28.7 Å². The van der Waals surface area contributed by atoms with Crippen molar-refractivity contribution in [1.82, 2.24) is 24.6 Å². The van der Waals surface area contributed by atoms with Crippen molar-refractivity contribution in [3.63, 3.8) is 0 Å². The molecule has 0 radical (unpaired) electrons. The summed E-state index contributed by atoms with van der Waals surface area (Å²) in [5.41, 5.74) is 0.227. The van der Waals surface area contributed by atoms with E-state index in [0.29, 0.717) is 11.0 Å². The van der Waals surface area contributed by atoms with Gasteiger partial charge in [-0.3, -0.25) is 23.6 Å². The van der Waals surface area contributed by atoms with Gasteiger partial charge in [0.15, 0.2) is 11.8 Å². The molecule has 0 aliphatic heterocycles. The summed E-state index contributed by atoms with van der Waals surface area (Å²) in [6.07, 6.45) is 3.91. The van der Waals surface area contributed by atoms with E-state index >= 15 is 0 Å². The molecule has 1 amide bonds. The predicted octanol–water partition coefficient (Wildman–Crippen LogP) is -0.270. The van der Waals surface area contributed by atoms with Crippen LogP contribution in [0.25, 0.3) is 11.0 Å². The van der Waals surface area contributed by atoms with E-state index in [0.717, 1.165) is 12.8 Å². The maximum atomic E-state index is 12.3. The number of nitrogens with one attached hydrogen (secondary N) is 1. The normalized spacial score (nSPS) is 15.2. The van der Waals surface area contributed by atoms with E-state index in [9.17, 15) is 14.4 Å². The molecular formula is C15H19N5O4. The smallest absolute Gasteiger partial charge is 0.308 e. The lowest BCUT2D eigenvalue weighted by Gasteiger charge is -2.13. The maximum Gasteiger partial charge on any atom is 0.308 e. The molecule has 0 bridgehead atoms. The van der Waals surface area contributed by atoms with Crippen LogP contribution >= 0.6 is 0 Å². The van der Waals surface area contributed by atoms with Gasteiger partial charge in [0.25, 0.3) is 11.5 Å². The summed E-state index contributed by atoms with van der Waals surface area (Å²) in [5.74, 6) is -0.826. The molecule has 2 aromatic heterocycles. The molecule has 1 unspecified atom stereocenters. The van der Waals surface area contributed by atoms with Gasteiger partial charge in [-0.25, -0.2) is 4.98 Å². The second kappa shape index (κ2) is 6.42. The van der Waals surface area contributed by atoms with Crippen molar-refractivity contribution in [3.8, 4) is 0 Å². The summed E-state index contributed by atoms with van der Waals surface area (Å²) in [7, 11) is 1.70. The maximum absolute atomic E-state index is 12.3. The van der Waals surface area contributed by atoms with E-state index in [1.807, 2.05) is 0 Å². The molecule has 2 heterocycles. The van der Waals surface area contributed by atoms with E-state index in [2.05, 4.69) is 15.4 Å². The van der Waals surface area contributed by atoms with Crippen LogP contribution in [0.3, 0.4) is 0 Å². The minimum Gasteiger partial charge on any atom is -0.452 e. The van der Waals surface area contributed by atoms with Gasteiger partial charge in [0.1, 0.15) is 5.39 Å². The van der Waals surface area contributed by atoms with E-state index in [-0.39, 0.29) is 30.5 Å². The zero-order valence-corrected chi connectivity index (χ0v) is 13.6. The largest absolute Gasteiger partial charge is 0.452 e. The van der Waals surface area contributed by atoms with Gasteiger partial charge in [0.2, 0.25) is 0 Å². The number of carbonyl (C=O) groups is 2. The molecule has 1 fully saturated rings. The topological polar surface area (TPSA) is 108 Å². The highest BCUT2D eigenvalue weighted by Gasteiger charge is 2.27. The van der Waals surface area contributed by atoms with Gasteiger partial charge in [-0.15, -0.1) is 0 Å². The first-order chi connectivity index (χ1) is 11.5. The Morgan fingerprint density at radius 2 is 2.21 bits per heavy atom. The number of fused-ring (bicyclic) bond motifs is 1. The molecule has 9 heteroatoms. The fourth-order valence-electron chi connectivity index (χ4n) is 2.29. The van der Waals surface area contributed by atoms with Crippen LogP contribution in [-0.4, -0.2) is 43.4 Å². The lowest BCUT2D eigenvalue weighted by molar-refractivity contribution is -0.155. The third kappa shape index (κ3) is 3.44. The van der Waals surface area contributed by atoms with E-state index < -0.39 is 12.1 Å². The first kappa shape index (κ1) is 16.2. The number of amides is 1. The molecule has 24 heavy (non-hydrogen) atoms. The van der Waals surface area contributed by atoms with Crippen LogP contribution in [-0.2, 0) is 27.9 Å². The van der Waals surface area contributed by atoms with Crippen molar-refractivity contribution in [2.75, 3.05) is 0 Å². The van der Waals surface area contributed by atoms with Gasteiger partial charge in [-0.2, -0.15) is 5.10 Å². The number of nitrogens with zero attached hydrogens (tertiary/aromatic N) is 4. The fourth-order valence-corrected chi connectivity index (χ4v) is 2.29. The van der Waals surface area contributed by atoms with Crippen LogP contribution < -0.4 is 10.9 Å². The number of esters is 1. The molecular weight excluding hydrogens is 314 g/mol. The standard InChI is InChI=1S/C15H19N5O4/c1-9(14(22)18-10-3-4-10)24-12(21)5-6-20-8-16-13-11(15(20)23)7-17-19(13)2/h7-10H,3-6H2,1-2H3,(H,18,22). The minimum absolute atomic E-state index is 0.0194. The Morgan fingerprint density at radius 3 is 2.92 bits per heavy atom. The van der Waals surface area contributed by atoms with E-state index in [1.54, 1.807) is 7.05 Å². The van der Waals surface area contributed by atoms with Crippen molar-refractivity contribution >= 4 is 22.9 Å². The summed E-state index contributed by atoms with van der Waals surface area (Å²) >= 11 is 0. The lowest BCUT2D eigenvalue weighted by atomic mass is 10.3. The third-order valence-corrected chi connectivity index (χ3v) is 3.88. The van der Waals surface area contributed by atoms with Crippen LogP contribution in [0.1, 0.15) is 26.2 Å². The van der Waals surface area contributed by atoms with Gasteiger partial charge in [0, 0.05) is 19.6 Å². The fraction of sp³-hybridized carbons (Fsp3) is 0.533. The average molecular weight is 333 g/mol. The molecule has 1 aliphatic rings. The Morgan fingerprint density at radius 1 is 1.46 bits per heavy atom. The second-order valence-electron chi connectivity index (χ2n) is 5.91. The quantitative estimate of drug-likeness (QED) is 0.729. The van der Waals surface area contributed by atoms with Crippen molar-refractivity contribution < 1.29 is 14.3 Å². The number of carbonyl (C=O) groups excluding carboxylic acids is 2. The zero-order valence-electron chi connectivity index (χ0n) is 13.6. The molecule has 1 saturated carbocycles. The second-order valence-corrected chi connectivity index (χ2v) is 5.91. The number of hydrogen-bond acceptors (Lipinski definition) is 6. The monoisotopic (exact) mass is 333 g/mol. The number of rotatable bonds is 6. The molecule has 3 rings (SSSR count). The van der Waals surface area contributed by atoms with Gasteiger partial charge >= 0.3 is 5.97 Å². The van der Waals surface area contributed by atoms with E-state index in [4.69, 9.17) is 4.74 Å². The Labute approximate surface area is 137 Å². The van der Waals surface area contributed by atoms with Crippen LogP contribution in [0.2, 0.25) is 0 Å². The van der Waals surface area contributed by atoms with Crippen molar-refractivity contribution in [1.29, 1.82) is 0 Å². The Kier molecular flexibility index (Phi) is 4.32. The SMILES string of the molecule is CC(OC(=O)CCn1cnc2c(cnn2C)c1=O)C(=O)NC1CC1. The summed E-state index contributed by atoms with van der Waals surface area (Å²) in [4.78, 5) is 40.0. The third-order valence-electron chi connectivity index (χ3n) is 3.88. The molecule has 0 spiro atoms. The number of aromatic nitrogens is 4. The molecule has 128 valence electrons. The minimum atomic E-state index is -0.839. The molecule has 2 aromatic rings. The highest BCUT2D eigenvalue weighted by atomic mass is 16.5. The molecule has 9 nitrogen and oxygen atoms in total. The zero-order chi connectivity index (χ0) is 17.3. The number of aryl methyl sites for hydroxylation is 2. The highest BCUT2D eigenvalue weighted by Crippen LogP contribution is 2.18. The summed E-state index contributed by atoms with van der Waals surface area (Å²) in [6.45, 7) is 1.66. The van der Waals surface area contributed by atoms with Gasteiger partial charge in [0.05, 0.1) is 18.9 Å². The summed E-state index contributed by atoms with van der Waals surface area (Å²) in [6, 6.07) is 0.217. The Bertz CT molecular complexity index is 836. The Balaban J connectivity index is 1.56. The molecule has 1 atom stereocenters. The molecule has 0 aromatic carbocycles. The first-order valence-corrected chi connectivity index (χ1v) is 7.82. The van der Waals surface area contributed by atoms with Crippen LogP contribution in [0.5, 0.6) is 0 Å². The van der Waals surface area contributed by atoms with Gasteiger partial charge in [-0.05, 0) is 19.8 Å². The van der Waals surface area contributed by atoms with Gasteiger partial charge < -0.3 is 10.1 Å². The number of ether oxygens (including phenoxy) is 1. The highest BCUT2D eigenvalue weighted by molar-refractivity contribution is 5.83. The number of hydrogen-bond donors (Lipinski definition) is 1. The van der Waals surface area contributed by atoms with Crippen LogP contribution in [0, 0.1) is 0 Å².